The number of hydrazone groups is 1. The fourth-order valence-corrected chi connectivity index (χ4v) is 4.45. The maximum Gasteiger partial charge on any atom is 0.344 e. The van der Waals surface area contributed by atoms with E-state index >= 15 is 0 Å². The molecule has 0 aliphatic heterocycles. The van der Waals surface area contributed by atoms with Crippen molar-refractivity contribution in [1.29, 1.82) is 0 Å². The molecule has 38 heavy (non-hydrogen) atoms. The van der Waals surface area contributed by atoms with Crippen LogP contribution in [0.1, 0.15) is 28.4 Å². The van der Waals surface area contributed by atoms with E-state index in [2.05, 4.69) is 36.8 Å². The maximum atomic E-state index is 12.6. The van der Waals surface area contributed by atoms with E-state index in [1.807, 2.05) is 48.7 Å². The van der Waals surface area contributed by atoms with Gasteiger partial charge in [0.15, 0.2) is 11.7 Å². The standard InChI is InChI=1S/C28H25BrN4O4S/c1-3-36-26(34)16-37-25-13-10-22(29)14-21(25)15-30-33-27(35)20-8-6-19(7-9-20)24-17-38-28(32-24)31-23-11-4-18(2)5-12-23/h4-15,17H,3,16H2,1-2H3,(H,31,32)(H,33,35)/b30-15-. The molecule has 4 rings (SSSR count). The molecule has 0 radical (unpaired) electrons. The molecule has 1 aromatic heterocycles. The number of carbonyl (C=O) groups excluding carboxylic acids is 2. The van der Waals surface area contributed by atoms with E-state index < -0.39 is 5.97 Å². The molecule has 2 N–H and O–H groups in total. The van der Waals surface area contributed by atoms with Crippen molar-refractivity contribution in [3.05, 3.63) is 93.3 Å². The quantitative estimate of drug-likeness (QED) is 0.127. The molecule has 3 aromatic carbocycles. The number of halogens is 1. The van der Waals surface area contributed by atoms with Crippen LogP contribution in [0.3, 0.4) is 0 Å². The zero-order valence-corrected chi connectivity index (χ0v) is 23.1. The Morgan fingerprint density at radius 3 is 2.58 bits per heavy atom. The fraction of sp³-hybridized carbons (Fsp3) is 0.143. The predicted molar refractivity (Wildman–Crippen MR) is 153 cm³/mol. The number of nitrogens with zero attached hydrogens (tertiary/aromatic N) is 2. The van der Waals surface area contributed by atoms with Crippen molar-refractivity contribution in [2.45, 2.75) is 13.8 Å². The van der Waals surface area contributed by atoms with E-state index in [0.717, 1.165) is 26.5 Å². The summed E-state index contributed by atoms with van der Waals surface area (Å²) in [6.45, 7) is 3.83. The molecule has 0 saturated heterocycles. The summed E-state index contributed by atoms with van der Waals surface area (Å²) in [4.78, 5) is 28.9. The molecule has 0 aliphatic carbocycles. The monoisotopic (exact) mass is 592 g/mol. The molecule has 0 spiro atoms. The van der Waals surface area contributed by atoms with Crippen LogP contribution in [0.15, 0.2) is 81.7 Å². The summed E-state index contributed by atoms with van der Waals surface area (Å²) >= 11 is 4.91. The van der Waals surface area contributed by atoms with Crippen LogP contribution in [0.5, 0.6) is 5.75 Å². The lowest BCUT2D eigenvalue weighted by Crippen LogP contribution is -2.18. The highest BCUT2D eigenvalue weighted by molar-refractivity contribution is 9.10. The smallest absolute Gasteiger partial charge is 0.344 e. The van der Waals surface area contributed by atoms with Crippen LogP contribution in [0, 0.1) is 6.92 Å². The van der Waals surface area contributed by atoms with Gasteiger partial charge >= 0.3 is 5.97 Å². The number of aryl methyl sites for hydroxylation is 1. The van der Waals surface area contributed by atoms with E-state index in [0.29, 0.717) is 16.9 Å². The van der Waals surface area contributed by atoms with Gasteiger partial charge in [-0.25, -0.2) is 15.2 Å². The summed E-state index contributed by atoms with van der Waals surface area (Å²) in [5, 5.41) is 10.1. The summed E-state index contributed by atoms with van der Waals surface area (Å²) in [6, 6.07) is 20.5. The van der Waals surface area contributed by atoms with E-state index in [1.54, 1.807) is 37.3 Å². The zero-order valence-electron chi connectivity index (χ0n) is 20.7. The van der Waals surface area contributed by atoms with Crippen LogP contribution in [0.2, 0.25) is 0 Å². The predicted octanol–water partition coefficient (Wildman–Crippen LogP) is 6.33. The van der Waals surface area contributed by atoms with Gasteiger partial charge in [-0.2, -0.15) is 5.10 Å². The van der Waals surface area contributed by atoms with Crippen molar-refractivity contribution in [3.8, 4) is 17.0 Å². The van der Waals surface area contributed by atoms with Crippen molar-refractivity contribution in [3.63, 3.8) is 0 Å². The molecular weight excluding hydrogens is 568 g/mol. The zero-order chi connectivity index (χ0) is 26.9. The topological polar surface area (TPSA) is 102 Å². The van der Waals surface area contributed by atoms with Gasteiger partial charge in [0.05, 0.1) is 18.5 Å². The highest BCUT2D eigenvalue weighted by atomic mass is 79.9. The molecule has 194 valence electrons. The molecule has 10 heteroatoms. The van der Waals surface area contributed by atoms with Crippen molar-refractivity contribution >= 4 is 56.2 Å². The minimum Gasteiger partial charge on any atom is -0.481 e. The molecule has 0 bridgehead atoms. The largest absolute Gasteiger partial charge is 0.481 e. The van der Waals surface area contributed by atoms with Crippen LogP contribution >= 0.6 is 27.3 Å². The Labute approximate surface area is 232 Å². The summed E-state index contributed by atoms with van der Waals surface area (Å²) < 4.78 is 11.2. The Hall–Kier alpha value is -4.02. The summed E-state index contributed by atoms with van der Waals surface area (Å²) in [5.74, 6) is -0.397. The lowest BCUT2D eigenvalue weighted by atomic mass is 10.1. The second kappa shape index (κ2) is 13.0. The first-order valence-electron chi connectivity index (χ1n) is 11.7. The Morgan fingerprint density at radius 2 is 1.84 bits per heavy atom. The van der Waals surface area contributed by atoms with Crippen molar-refractivity contribution < 1.29 is 19.1 Å². The molecule has 0 aliphatic rings. The number of thiazole rings is 1. The second-order valence-electron chi connectivity index (χ2n) is 8.08. The fourth-order valence-electron chi connectivity index (χ4n) is 3.33. The lowest BCUT2D eigenvalue weighted by Gasteiger charge is -2.09. The molecule has 0 unspecified atom stereocenters. The number of aromatic nitrogens is 1. The molecule has 1 heterocycles. The number of rotatable bonds is 10. The number of nitrogens with one attached hydrogen (secondary N) is 2. The Kier molecular flexibility index (Phi) is 9.23. The molecule has 0 fully saturated rings. The van der Waals surface area contributed by atoms with Gasteiger partial charge in [-0.3, -0.25) is 4.79 Å². The summed E-state index contributed by atoms with van der Waals surface area (Å²) in [7, 11) is 0. The van der Waals surface area contributed by atoms with Gasteiger partial charge < -0.3 is 14.8 Å². The maximum absolute atomic E-state index is 12.6. The van der Waals surface area contributed by atoms with Gasteiger partial charge in [0.2, 0.25) is 0 Å². The third-order valence-electron chi connectivity index (χ3n) is 5.24. The van der Waals surface area contributed by atoms with E-state index in [4.69, 9.17) is 9.47 Å². The number of ether oxygens (including phenoxy) is 2. The summed E-state index contributed by atoms with van der Waals surface area (Å²) in [5.41, 5.74) is 7.44. The minimum atomic E-state index is -0.466. The third kappa shape index (κ3) is 7.50. The molecule has 1 amide bonds. The highest BCUT2D eigenvalue weighted by Crippen LogP contribution is 2.27. The van der Waals surface area contributed by atoms with Gasteiger partial charge in [0.1, 0.15) is 5.75 Å². The number of hydrogen-bond donors (Lipinski definition) is 2. The van der Waals surface area contributed by atoms with Crippen LogP contribution in [-0.2, 0) is 9.53 Å². The first kappa shape index (κ1) is 27.0. The first-order valence-corrected chi connectivity index (χ1v) is 13.4. The highest BCUT2D eigenvalue weighted by Gasteiger charge is 2.10. The number of carbonyl (C=O) groups is 2. The summed E-state index contributed by atoms with van der Waals surface area (Å²) in [6.07, 6.45) is 1.45. The molecule has 0 atom stereocenters. The Balaban J connectivity index is 1.36. The van der Waals surface area contributed by atoms with Crippen LogP contribution in [-0.4, -0.2) is 36.3 Å². The van der Waals surface area contributed by atoms with E-state index in [9.17, 15) is 9.59 Å². The van der Waals surface area contributed by atoms with Gasteiger partial charge in [-0.05, 0) is 56.3 Å². The minimum absolute atomic E-state index is 0.225. The number of benzene rings is 3. The van der Waals surface area contributed by atoms with E-state index in [1.165, 1.54) is 23.1 Å². The van der Waals surface area contributed by atoms with Crippen molar-refractivity contribution in [2.24, 2.45) is 5.10 Å². The van der Waals surface area contributed by atoms with Crippen molar-refractivity contribution in [1.82, 2.24) is 10.4 Å². The van der Waals surface area contributed by atoms with Gasteiger partial charge in [-0.15, -0.1) is 11.3 Å². The number of anilines is 2. The molecule has 4 aromatic rings. The average Bonchev–Trinajstić information content (AvgIpc) is 3.38. The Bertz CT molecular complexity index is 1440. The SMILES string of the molecule is CCOC(=O)COc1ccc(Br)cc1/C=N\NC(=O)c1ccc(-c2csc(Nc3ccc(C)cc3)n2)cc1. The van der Waals surface area contributed by atoms with E-state index in [-0.39, 0.29) is 19.1 Å². The third-order valence-corrected chi connectivity index (χ3v) is 6.49. The van der Waals surface area contributed by atoms with Crippen LogP contribution in [0.4, 0.5) is 10.8 Å². The molecular formula is C28H25BrN4O4S. The van der Waals surface area contributed by atoms with Gasteiger partial charge in [0.25, 0.3) is 5.91 Å². The number of esters is 1. The average molecular weight is 594 g/mol. The number of hydrogen-bond acceptors (Lipinski definition) is 8. The van der Waals surface area contributed by atoms with Crippen LogP contribution < -0.4 is 15.5 Å². The van der Waals surface area contributed by atoms with Crippen LogP contribution in [0.25, 0.3) is 11.3 Å². The Morgan fingerprint density at radius 1 is 1.08 bits per heavy atom. The number of amides is 1. The first-order chi connectivity index (χ1) is 18.4. The van der Waals surface area contributed by atoms with Gasteiger partial charge in [-0.1, -0.05) is 45.8 Å². The molecule has 8 nitrogen and oxygen atoms in total. The normalized spacial score (nSPS) is 10.8. The lowest BCUT2D eigenvalue weighted by molar-refractivity contribution is -0.145. The molecule has 0 saturated carbocycles. The second-order valence-corrected chi connectivity index (χ2v) is 9.86. The van der Waals surface area contributed by atoms with Crippen molar-refractivity contribution in [2.75, 3.05) is 18.5 Å². The van der Waals surface area contributed by atoms with Gasteiger partial charge in [0, 0.05) is 32.2 Å².